The molecule has 2 heterocycles. The molecular weight excluding hydrogens is 254 g/mol. The maximum atomic E-state index is 11.0. The van der Waals surface area contributed by atoms with Gasteiger partial charge < -0.3 is 0 Å². The van der Waals surface area contributed by atoms with Crippen molar-refractivity contribution in [3.8, 4) is 0 Å². The lowest BCUT2D eigenvalue weighted by molar-refractivity contribution is 0.112. The molecule has 3 heteroatoms. The summed E-state index contributed by atoms with van der Waals surface area (Å²) in [6.07, 6.45) is 9.51. The molecule has 1 aliphatic carbocycles. The molecule has 0 bridgehead atoms. The van der Waals surface area contributed by atoms with E-state index in [-0.39, 0.29) is 0 Å². The van der Waals surface area contributed by atoms with Gasteiger partial charge in [-0.2, -0.15) is 0 Å². The van der Waals surface area contributed by atoms with Crippen LogP contribution in [0.15, 0.2) is 17.5 Å². The molecule has 3 rings (SSSR count). The highest BCUT2D eigenvalue weighted by Crippen LogP contribution is 2.39. The molecule has 1 aromatic heterocycles. The highest BCUT2D eigenvalue weighted by atomic mass is 32.1. The zero-order valence-corrected chi connectivity index (χ0v) is 12.3. The summed E-state index contributed by atoms with van der Waals surface area (Å²) in [6, 6.07) is 2.10. The Bertz CT molecular complexity index is 499. The molecule has 1 aromatic rings. The van der Waals surface area contributed by atoms with Crippen molar-refractivity contribution in [2.75, 3.05) is 13.1 Å². The van der Waals surface area contributed by atoms with Gasteiger partial charge in [-0.25, -0.2) is 0 Å². The molecule has 1 atom stereocenters. The second-order valence-corrected chi connectivity index (χ2v) is 6.89. The molecule has 0 radical (unpaired) electrons. The predicted octanol–water partition coefficient (Wildman–Crippen LogP) is 3.98. The van der Waals surface area contributed by atoms with Crippen molar-refractivity contribution in [3.05, 3.63) is 28.0 Å². The van der Waals surface area contributed by atoms with Crippen LogP contribution in [0.3, 0.4) is 0 Å². The maximum absolute atomic E-state index is 11.0. The number of rotatable bonds is 3. The van der Waals surface area contributed by atoms with E-state index < -0.39 is 0 Å². The normalized spacial score (nSPS) is 28.4. The summed E-state index contributed by atoms with van der Waals surface area (Å²) in [5, 5.41) is 2.02. The van der Waals surface area contributed by atoms with E-state index in [2.05, 4.69) is 24.0 Å². The third kappa shape index (κ3) is 2.41. The Labute approximate surface area is 119 Å². The standard InChI is InChI=1S/C16H21NOS/c1-16(17-9-2-3-10-17)7-4-13(5-8-16)14-6-11-19-15(14)12-18/h4,6,11-12H,2-3,5,7-10H2,1H3. The fourth-order valence-corrected chi connectivity index (χ4v) is 4.15. The SMILES string of the molecule is CC1(N2CCCC2)CC=C(c2ccsc2C=O)CC1. The molecular formula is C16H21NOS. The Hall–Kier alpha value is -0.930. The summed E-state index contributed by atoms with van der Waals surface area (Å²) < 4.78 is 0. The van der Waals surface area contributed by atoms with Gasteiger partial charge in [0, 0.05) is 5.54 Å². The molecule has 0 spiro atoms. The van der Waals surface area contributed by atoms with Crippen molar-refractivity contribution in [2.24, 2.45) is 0 Å². The first-order chi connectivity index (χ1) is 9.23. The summed E-state index contributed by atoms with van der Waals surface area (Å²) in [6.45, 7) is 4.93. The third-order valence-electron chi connectivity index (χ3n) is 4.74. The minimum Gasteiger partial charge on any atom is -0.298 e. The van der Waals surface area contributed by atoms with E-state index in [4.69, 9.17) is 0 Å². The van der Waals surface area contributed by atoms with E-state index in [9.17, 15) is 4.79 Å². The molecule has 0 amide bonds. The lowest BCUT2D eigenvalue weighted by atomic mass is 9.81. The lowest BCUT2D eigenvalue weighted by Crippen LogP contribution is -2.45. The van der Waals surface area contributed by atoms with Gasteiger partial charge in [-0.05, 0) is 74.7 Å². The zero-order valence-electron chi connectivity index (χ0n) is 11.5. The summed E-state index contributed by atoms with van der Waals surface area (Å²) in [5.74, 6) is 0. The van der Waals surface area contributed by atoms with Gasteiger partial charge in [0.15, 0.2) is 6.29 Å². The van der Waals surface area contributed by atoms with Crippen LogP contribution in [0.2, 0.25) is 0 Å². The number of thiophene rings is 1. The third-order valence-corrected chi connectivity index (χ3v) is 5.58. The highest BCUT2D eigenvalue weighted by Gasteiger charge is 2.35. The van der Waals surface area contributed by atoms with E-state index in [1.165, 1.54) is 43.5 Å². The number of aldehydes is 1. The van der Waals surface area contributed by atoms with Crippen LogP contribution >= 0.6 is 11.3 Å². The number of carbonyl (C=O) groups excluding carboxylic acids is 1. The largest absolute Gasteiger partial charge is 0.298 e. The molecule has 2 aliphatic rings. The molecule has 1 saturated heterocycles. The van der Waals surface area contributed by atoms with Gasteiger partial charge in [-0.1, -0.05) is 6.08 Å². The molecule has 1 aliphatic heterocycles. The predicted molar refractivity (Wildman–Crippen MR) is 80.7 cm³/mol. The van der Waals surface area contributed by atoms with E-state index in [1.807, 2.05) is 5.38 Å². The van der Waals surface area contributed by atoms with Crippen LogP contribution in [0, 0.1) is 0 Å². The monoisotopic (exact) mass is 275 g/mol. The average molecular weight is 275 g/mol. The van der Waals surface area contributed by atoms with Crippen molar-refractivity contribution in [2.45, 2.75) is 44.6 Å². The zero-order chi connectivity index (χ0) is 13.3. The molecule has 1 unspecified atom stereocenters. The summed E-state index contributed by atoms with van der Waals surface area (Å²) >= 11 is 1.55. The van der Waals surface area contributed by atoms with Gasteiger partial charge in [-0.15, -0.1) is 11.3 Å². The minimum atomic E-state index is 0.345. The van der Waals surface area contributed by atoms with Crippen molar-refractivity contribution in [3.63, 3.8) is 0 Å². The second-order valence-electron chi connectivity index (χ2n) is 5.94. The Kier molecular flexibility index (Phi) is 3.59. The van der Waals surface area contributed by atoms with Crippen molar-refractivity contribution in [1.29, 1.82) is 0 Å². The van der Waals surface area contributed by atoms with Crippen LogP contribution in [0.4, 0.5) is 0 Å². The topological polar surface area (TPSA) is 20.3 Å². The van der Waals surface area contributed by atoms with Crippen LogP contribution in [-0.2, 0) is 0 Å². The first kappa shape index (κ1) is 13.1. The first-order valence-corrected chi connectivity index (χ1v) is 8.08. The Morgan fingerprint density at radius 2 is 2.16 bits per heavy atom. The van der Waals surface area contributed by atoms with Crippen molar-refractivity contribution >= 4 is 23.2 Å². The Morgan fingerprint density at radius 1 is 1.37 bits per heavy atom. The highest BCUT2D eigenvalue weighted by molar-refractivity contribution is 7.12. The van der Waals surface area contributed by atoms with Gasteiger partial charge in [-0.3, -0.25) is 9.69 Å². The number of hydrogen-bond acceptors (Lipinski definition) is 3. The number of allylic oxidation sites excluding steroid dienone is 1. The summed E-state index contributed by atoms with van der Waals surface area (Å²) in [7, 11) is 0. The van der Waals surface area contributed by atoms with Gasteiger partial charge in [0.25, 0.3) is 0 Å². The molecule has 102 valence electrons. The summed E-state index contributed by atoms with van der Waals surface area (Å²) in [5.41, 5.74) is 2.89. The second kappa shape index (κ2) is 5.22. The van der Waals surface area contributed by atoms with Crippen LogP contribution in [-0.4, -0.2) is 29.8 Å². The molecule has 1 fully saturated rings. The maximum Gasteiger partial charge on any atom is 0.160 e. The summed E-state index contributed by atoms with van der Waals surface area (Å²) in [4.78, 5) is 14.6. The number of nitrogens with zero attached hydrogens (tertiary/aromatic N) is 1. The van der Waals surface area contributed by atoms with Crippen molar-refractivity contribution < 1.29 is 4.79 Å². The number of carbonyl (C=O) groups is 1. The van der Waals surface area contributed by atoms with E-state index in [0.29, 0.717) is 5.54 Å². The average Bonchev–Trinajstić information content (AvgIpc) is 3.11. The Balaban J connectivity index is 1.78. The van der Waals surface area contributed by atoms with E-state index in [1.54, 1.807) is 11.3 Å². The van der Waals surface area contributed by atoms with Gasteiger partial charge in [0.05, 0.1) is 4.88 Å². The van der Waals surface area contributed by atoms with Crippen LogP contribution in [0.5, 0.6) is 0 Å². The van der Waals surface area contributed by atoms with Crippen LogP contribution in [0.25, 0.3) is 5.57 Å². The molecule has 19 heavy (non-hydrogen) atoms. The molecule has 0 saturated carbocycles. The molecule has 0 aromatic carbocycles. The fraction of sp³-hybridized carbons (Fsp3) is 0.562. The molecule has 0 N–H and O–H groups in total. The Morgan fingerprint density at radius 3 is 2.79 bits per heavy atom. The number of likely N-dealkylation sites (tertiary alicyclic amines) is 1. The number of hydrogen-bond donors (Lipinski definition) is 0. The fourth-order valence-electron chi connectivity index (χ4n) is 3.42. The van der Waals surface area contributed by atoms with Gasteiger partial charge >= 0.3 is 0 Å². The van der Waals surface area contributed by atoms with Crippen molar-refractivity contribution in [1.82, 2.24) is 4.90 Å². The quantitative estimate of drug-likeness (QED) is 0.778. The minimum absolute atomic E-state index is 0.345. The van der Waals surface area contributed by atoms with E-state index in [0.717, 1.165) is 24.0 Å². The van der Waals surface area contributed by atoms with Crippen LogP contribution < -0.4 is 0 Å². The van der Waals surface area contributed by atoms with E-state index >= 15 is 0 Å². The van der Waals surface area contributed by atoms with Gasteiger partial charge in [0.2, 0.25) is 0 Å². The smallest absolute Gasteiger partial charge is 0.160 e. The molecule has 2 nitrogen and oxygen atoms in total. The first-order valence-electron chi connectivity index (χ1n) is 7.20. The van der Waals surface area contributed by atoms with Crippen LogP contribution in [0.1, 0.15) is 54.3 Å². The van der Waals surface area contributed by atoms with Gasteiger partial charge in [0.1, 0.15) is 0 Å². The lowest BCUT2D eigenvalue weighted by Gasteiger charge is -2.41.